The van der Waals surface area contributed by atoms with Gasteiger partial charge in [-0.1, -0.05) is 24.3 Å². The van der Waals surface area contributed by atoms with Crippen LogP contribution >= 0.6 is 24.0 Å². The molecule has 184 valence electrons. The molecule has 0 amide bonds. The van der Waals surface area contributed by atoms with Crippen molar-refractivity contribution in [1.82, 2.24) is 15.5 Å². The molecule has 8 heteroatoms. The molecule has 0 saturated carbocycles. The van der Waals surface area contributed by atoms with E-state index in [2.05, 4.69) is 53.6 Å². The third-order valence-electron chi connectivity index (χ3n) is 5.63. The lowest BCUT2D eigenvalue weighted by Gasteiger charge is -2.35. The normalized spacial score (nSPS) is 21.2. The summed E-state index contributed by atoms with van der Waals surface area (Å²) >= 11 is 0. The second kappa shape index (κ2) is 12.7. The quantitative estimate of drug-likeness (QED) is 0.255. The monoisotopic (exact) mass is 570 g/mol. The number of benzene rings is 1. The number of nitrogens with one attached hydrogen (secondary N) is 2. The Balaban J connectivity index is 0.00000385. The van der Waals surface area contributed by atoms with Gasteiger partial charge in [0.2, 0.25) is 0 Å². The van der Waals surface area contributed by atoms with E-state index in [1.54, 1.807) is 6.92 Å². The number of guanidine groups is 1. The first kappa shape index (κ1) is 27.6. The van der Waals surface area contributed by atoms with Crippen LogP contribution in [0, 0.1) is 6.92 Å². The van der Waals surface area contributed by atoms with Crippen LogP contribution in [0.4, 0.5) is 0 Å². The molecule has 1 aromatic heterocycles. The zero-order chi connectivity index (χ0) is 23.1. The molecule has 1 saturated heterocycles. The van der Waals surface area contributed by atoms with Crippen LogP contribution in [-0.2, 0) is 23.4 Å². The zero-order valence-electron chi connectivity index (χ0n) is 20.4. The van der Waals surface area contributed by atoms with Crippen molar-refractivity contribution >= 4 is 29.9 Å². The highest BCUT2D eigenvalue weighted by molar-refractivity contribution is 14.0. The SMILES string of the molecule is CCNC(=NCc1ccccc1CN1CC(C)OC(C)C1)NCC(C)(O)c1ccc(C)o1.I. The number of halogens is 1. The fourth-order valence-corrected chi connectivity index (χ4v) is 4.09. The summed E-state index contributed by atoms with van der Waals surface area (Å²) in [5.41, 5.74) is 1.35. The van der Waals surface area contributed by atoms with Crippen LogP contribution in [0.25, 0.3) is 0 Å². The number of ether oxygens (including phenoxy) is 1. The molecule has 0 bridgehead atoms. The number of aryl methyl sites for hydroxylation is 1. The van der Waals surface area contributed by atoms with Crippen molar-refractivity contribution in [2.24, 2.45) is 4.99 Å². The molecule has 1 aliphatic rings. The largest absolute Gasteiger partial charge is 0.463 e. The third kappa shape index (κ3) is 8.27. The number of nitrogens with zero attached hydrogens (tertiary/aromatic N) is 2. The first-order valence-corrected chi connectivity index (χ1v) is 11.5. The maximum atomic E-state index is 10.8. The second-order valence-corrected chi connectivity index (χ2v) is 8.95. The number of aliphatic imine (C=N–C) groups is 1. The Kier molecular flexibility index (Phi) is 10.7. The number of rotatable bonds is 8. The van der Waals surface area contributed by atoms with E-state index in [-0.39, 0.29) is 42.7 Å². The van der Waals surface area contributed by atoms with Gasteiger partial charge in [0, 0.05) is 26.2 Å². The summed E-state index contributed by atoms with van der Waals surface area (Å²) in [5, 5.41) is 17.3. The topological polar surface area (TPSA) is 82.3 Å². The number of hydrogen-bond acceptors (Lipinski definition) is 5. The summed E-state index contributed by atoms with van der Waals surface area (Å²) in [6, 6.07) is 12.1. The van der Waals surface area contributed by atoms with Crippen LogP contribution in [-0.4, -0.2) is 54.4 Å². The maximum Gasteiger partial charge on any atom is 0.191 e. The van der Waals surface area contributed by atoms with Gasteiger partial charge in [0.1, 0.15) is 17.1 Å². The number of aliphatic hydroxyl groups is 1. The molecule has 3 atom stereocenters. The number of furan rings is 1. The number of hydrogen-bond donors (Lipinski definition) is 3. The fraction of sp³-hybridized carbons (Fsp3) is 0.560. The van der Waals surface area contributed by atoms with Gasteiger partial charge in [-0.2, -0.15) is 0 Å². The smallest absolute Gasteiger partial charge is 0.191 e. The molecule has 1 aliphatic heterocycles. The molecule has 33 heavy (non-hydrogen) atoms. The van der Waals surface area contributed by atoms with Crippen LogP contribution in [0.5, 0.6) is 0 Å². The third-order valence-corrected chi connectivity index (χ3v) is 5.63. The van der Waals surface area contributed by atoms with E-state index < -0.39 is 5.60 Å². The molecule has 2 heterocycles. The van der Waals surface area contributed by atoms with Crippen LogP contribution in [0.1, 0.15) is 50.3 Å². The first-order valence-electron chi connectivity index (χ1n) is 11.5. The molecular formula is C25H39IN4O3. The maximum absolute atomic E-state index is 10.8. The van der Waals surface area contributed by atoms with Gasteiger partial charge in [-0.15, -0.1) is 24.0 Å². The Morgan fingerprint density at radius 2 is 1.79 bits per heavy atom. The van der Waals surface area contributed by atoms with Crippen molar-refractivity contribution in [3.05, 3.63) is 59.0 Å². The highest BCUT2D eigenvalue weighted by atomic mass is 127. The van der Waals surface area contributed by atoms with E-state index in [9.17, 15) is 5.11 Å². The van der Waals surface area contributed by atoms with E-state index in [1.165, 1.54) is 11.1 Å². The molecular weight excluding hydrogens is 531 g/mol. The molecule has 0 spiro atoms. The predicted molar refractivity (Wildman–Crippen MR) is 143 cm³/mol. The van der Waals surface area contributed by atoms with Gasteiger partial charge in [0.25, 0.3) is 0 Å². The van der Waals surface area contributed by atoms with Crippen LogP contribution in [0.3, 0.4) is 0 Å². The number of morpholine rings is 1. The molecule has 3 rings (SSSR count). The van der Waals surface area contributed by atoms with Gasteiger partial charge < -0.3 is 24.9 Å². The summed E-state index contributed by atoms with van der Waals surface area (Å²) in [5.74, 6) is 1.98. The van der Waals surface area contributed by atoms with Crippen molar-refractivity contribution in [1.29, 1.82) is 0 Å². The average Bonchev–Trinajstić information content (AvgIpc) is 3.18. The van der Waals surface area contributed by atoms with Crippen molar-refractivity contribution in [3.8, 4) is 0 Å². The lowest BCUT2D eigenvalue weighted by molar-refractivity contribution is -0.0705. The molecule has 1 aromatic carbocycles. The highest BCUT2D eigenvalue weighted by Crippen LogP contribution is 2.22. The molecule has 7 nitrogen and oxygen atoms in total. The lowest BCUT2D eigenvalue weighted by Crippen LogP contribution is -2.45. The fourth-order valence-electron chi connectivity index (χ4n) is 4.09. The zero-order valence-corrected chi connectivity index (χ0v) is 22.8. The lowest BCUT2D eigenvalue weighted by atomic mass is 10.0. The molecule has 2 aromatic rings. The minimum absolute atomic E-state index is 0. The van der Waals surface area contributed by atoms with E-state index in [1.807, 2.05) is 26.0 Å². The Hall–Kier alpha value is -1.62. The Labute approximate surface area is 215 Å². The van der Waals surface area contributed by atoms with E-state index in [0.29, 0.717) is 18.3 Å². The second-order valence-electron chi connectivity index (χ2n) is 8.95. The Bertz CT molecular complexity index is 889. The van der Waals surface area contributed by atoms with Crippen molar-refractivity contribution in [2.45, 2.75) is 65.5 Å². The van der Waals surface area contributed by atoms with Crippen LogP contribution in [0.2, 0.25) is 0 Å². The summed E-state index contributed by atoms with van der Waals surface area (Å²) < 4.78 is 11.5. The van der Waals surface area contributed by atoms with Crippen LogP contribution < -0.4 is 10.6 Å². The molecule has 0 aliphatic carbocycles. The van der Waals surface area contributed by atoms with Crippen LogP contribution in [0.15, 0.2) is 45.8 Å². The Morgan fingerprint density at radius 1 is 1.12 bits per heavy atom. The average molecular weight is 571 g/mol. The predicted octanol–water partition coefficient (Wildman–Crippen LogP) is 3.78. The Morgan fingerprint density at radius 3 is 2.39 bits per heavy atom. The van der Waals surface area contributed by atoms with Gasteiger partial charge >= 0.3 is 0 Å². The summed E-state index contributed by atoms with van der Waals surface area (Å²) in [6.07, 6.45) is 0.499. The van der Waals surface area contributed by atoms with Crippen molar-refractivity contribution in [2.75, 3.05) is 26.2 Å². The van der Waals surface area contributed by atoms with Gasteiger partial charge in [0.15, 0.2) is 5.96 Å². The first-order chi connectivity index (χ1) is 15.3. The van der Waals surface area contributed by atoms with Gasteiger partial charge in [-0.3, -0.25) is 4.90 Å². The summed E-state index contributed by atoms with van der Waals surface area (Å²) in [7, 11) is 0. The molecule has 3 N–H and O–H groups in total. The minimum Gasteiger partial charge on any atom is -0.463 e. The summed E-state index contributed by atoms with van der Waals surface area (Å²) in [6.45, 7) is 14.2. The van der Waals surface area contributed by atoms with E-state index in [0.717, 1.165) is 31.9 Å². The van der Waals surface area contributed by atoms with Gasteiger partial charge in [0.05, 0.1) is 25.3 Å². The van der Waals surface area contributed by atoms with Crippen molar-refractivity contribution < 1.29 is 14.3 Å². The highest BCUT2D eigenvalue weighted by Gasteiger charge is 2.27. The molecule has 0 radical (unpaired) electrons. The summed E-state index contributed by atoms with van der Waals surface area (Å²) in [4.78, 5) is 7.23. The molecule has 1 fully saturated rings. The van der Waals surface area contributed by atoms with Gasteiger partial charge in [-0.05, 0) is 57.9 Å². The molecule has 3 unspecified atom stereocenters. The van der Waals surface area contributed by atoms with E-state index >= 15 is 0 Å². The van der Waals surface area contributed by atoms with E-state index in [4.69, 9.17) is 14.1 Å². The standard InChI is InChI=1S/C25H38N4O3.HI/c1-6-26-24(28-17-25(5,30)23-12-11-18(2)32-23)27-13-21-9-7-8-10-22(21)16-29-14-19(3)31-20(4)15-29;/h7-12,19-20,30H,6,13-17H2,1-5H3,(H2,26,27,28);1H. The van der Waals surface area contributed by atoms with Crippen molar-refractivity contribution in [3.63, 3.8) is 0 Å². The van der Waals surface area contributed by atoms with Gasteiger partial charge in [-0.25, -0.2) is 4.99 Å². The minimum atomic E-state index is -1.13.